The molecule has 2 aromatic heterocycles. The zero-order chi connectivity index (χ0) is 10.6. The van der Waals surface area contributed by atoms with Gasteiger partial charge in [0.25, 0.3) is 0 Å². The molecule has 0 fully saturated rings. The molecule has 1 aliphatic rings. The van der Waals surface area contributed by atoms with Crippen LogP contribution >= 0.6 is 0 Å². The maximum atomic E-state index is 5.93. The van der Waals surface area contributed by atoms with Crippen LogP contribution in [-0.2, 0) is 19.9 Å². The Kier molecular flexibility index (Phi) is 1.58. The summed E-state index contributed by atoms with van der Waals surface area (Å²) in [6.07, 6.45) is 3.47. The van der Waals surface area contributed by atoms with Crippen molar-refractivity contribution in [3.05, 3.63) is 16.8 Å². The third-order valence-electron chi connectivity index (χ3n) is 3.27. The lowest BCUT2D eigenvalue weighted by atomic mass is 10.1. The average Bonchev–Trinajstić information content (AvgIpc) is 2.73. The Bertz CT molecular complexity index is 553. The number of aryl methyl sites for hydroxylation is 3. The van der Waals surface area contributed by atoms with E-state index in [1.807, 2.05) is 7.05 Å². The highest BCUT2D eigenvalue weighted by Crippen LogP contribution is 2.33. The Balaban J connectivity index is 2.51. The highest BCUT2D eigenvalue weighted by molar-refractivity contribution is 5.91. The van der Waals surface area contributed by atoms with Gasteiger partial charge < -0.3 is 5.73 Å². The summed E-state index contributed by atoms with van der Waals surface area (Å²) < 4.78 is 1.77. The molecule has 0 aliphatic heterocycles. The van der Waals surface area contributed by atoms with Gasteiger partial charge >= 0.3 is 0 Å². The summed E-state index contributed by atoms with van der Waals surface area (Å²) in [5.41, 5.74) is 10.8. The molecule has 0 saturated heterocycles. The Labute approximate surface area is 88.1 Å². The van der Waals surface area contributed by atoms with E-state index in [0.29, 0.717) is 5.82 Å². The van der Waals surface area contributed by atoms with Gasteiger partial charge in [-0.1, -0.05) is 0 Å². The number of pyridine rings is 1. The monoisotopic (exact) mass is 202 g/mol. The smallest absolute Gasteiger partial charge is 0.160 e. The number of hydrogen-bond donors (Lipinski definition) is 1. The molecule has 0 unspecified atom stereocenters. The molecule has 2 N–H and O–H groups in total. The van der Waals surface area contributed by atoms with Crippen LogP contribution in [0.15, 0.2) is 0 Å². The van der Waals surface area contributed by atoms with Crippen molar-refractivity contribution < 1.29 is 0 Å². The first-order valence-corrected chi connectivity index (χ1v) is 5.29. The number of nitrogens with two attached hydrogens (primary N) is 1. The highest BCUT2D eigenvalue weighted by atomic mass is 15.3. The molecule has 2 aromatic rings. The normalized spacial score (nSPS) is 14.8. The summed E-state index contributed by atoms with van der Waals surface area (Å²) in [5, 5.41) is 5.32. The Morgan fingerprint density at radius 3 is 2.80 bits per heavy atom. The first-order chi connectivity index (χ1) is 7.18. The second-order valence-corrected chi connectivity index (χ2v) is 4.22. The van der Waals surface area contributed by atoms with E-state index in [2.05, 4.69) is 17.0 Å². The number of anilines is 1. The Morgan fingerprint density at radius 2 is 2.00 bits per heavy atom. The third-order valence-corrected chi connectivity index (χ3v) is 3.27. The summed E-state index contributed by atoms with van der Waals surface area (Å²) in [7, 11) is 1.90. The van der Waals surface area contributed by atoms with Gasteiger partial charge in [-0.15, -0.1) is 0 Å². The zero-order valence-corrected chi connectivity index (χ0v) is 9.04. The molecule has 2 heterocycles. The number of fused-ring (bicyclic) bond motifs is 3. The topological polar surface area (TPSA) is 56.7 Å². The molecule has 0 spiro atoms. The summed E-state index contributed by atoms with van der Waals surface area (Å²) in [6.45, 7) is 2.08. The van der Waals surface area contributed by atoms with Gasteiger partial charge in [0.2, 0.25) is 0 Å². The molecule has 4 heteroatoms. The van der Waals surface area contributed by atoms with E-state index in [9.17, 15) is 0 Å². The zero-order valence-electron chi connectivity index (χ0n) is 9.04. The largest absolute Gasteiger partial charge is 0.382 e. The molecule has 78 valence electrons. The lowest BCUT2D eigenvalue weighted by molar-refractivity contribution is 0.788. The molecule has 4 nitrogen and oxygen atoms in total. The summed E-state index contributed by atoms with van der Waals surface area (Å²) in [6, 6.07) is 0. The first-order valence-electron chi connectivity index (χ1n) is 5.29. The van der Waals surface area contributed by atoms with Crippen LogP contribution in [-0.4, -0.2) is 14.8 Å². The van der Waals surface area contributed by atoms with Crippen LogP contribution in [0.25, 0.3) is 11.0 Å². The van der Waals surface area contributed by atoms with Crippen LogP contribution in [0.2, 0.25) is 0 Å². The lowest BCUT2D eigenvalue weighted by Gasteiger charge is -2.05. The van der Waals surface area contributed by atoms with Gasteiger partial charge in [0, 0.05) is 12.7 Å². The van der Waals surface area contributed by atoms with E-state index in [1.54, 1.807) is 4.68 Å². The maximum absolute atomic E-state index is 5.93. The van der Waals surface area contributed by atoms with E-state index in [-0.39, 0.29) is 0 Å². The second kappa shape index (κ2) is 2.72. The SMILES string of the molecule is Cc1nc2c(c(N)nn2C)c2c1CCC2. The van der Waals surface area contributed by atoms with Gasteiger partial charge in [-0.05, 0) is 37.3 Å². The van der Waals surface area contributed by atoms with Crippen molar-refractivity contribution in [1.82, 2.24) is 14.8 Å². The molecule has 3 rings (SSSR count). The fourth-order valence-electron chi connectivity index (χ4n) is 2.60. The Morgan fingerprint density at radius 1 is 1.27 bits per heavy atom. The molecule has 0 aromatic carbocycles. The fourth-order valence-corrected chi connectivity index (χ4v) is 2.60. The maximum Gasteiger partial charge on any atom is 0.160 e. The van der Waals surface area contributed by atoms with Gasteiger partial charge in [-0.2, -0.15) is 5.10 Å². The average molecular weight is 202 g/mol. The Hall–Kier alpha value is -1.58. The van der Waals surface area contributed by atoms with E-state index >= 15 is 0 Å². The van der Waals surface area contributed by atoms with Gasteiger partial charge in [-0.25, -0.2) is 9.67 Å². The van der Waals surface area contributed by atoms with E-state index in [0.717, 1.165) is 29.6 Å². The van der Waals surface area contributed by atoms with Crippen molar-refractivity contribution in [2.45, 2.75) is 26.2 Å². The van der Waals surface area contributed by atoms with Gasteiger partial charge in [0.15, 0.2) is 11.5 Å². The highest BCUT2D eigenvalue weighted by Gasteiger charge is 2.21. The minimum Gasteiger partial charge on any atom is -0.382 e. The fraction of sp³-hybridized carbons (Fsp3) is 0.455. The minimum atomic E-state index is 0.623. The van der Waals surface area contributed by atoms with Crippen LogP contribution in [0.3, 0.4) is 0 Å². The first kappa shape index (κ1) is 8.71. The molecule has 0 atom stereocenters. The standard InChI is InChI=1S/C11H14N4/c1-6-7-4-3-5-8(7)9-10(12)14-15(2)11(9)13-6/h3-5H2,1-2H3,(H2,12,14). The minimum absolute atomic E-state index is 0.623. The van der Waals surface area contributed by atoms with Crippen LogP contribution in [0.1, 0.15) is 23.2 Å². The van der Waals surface area contributed by atoms with Crippen molar-refractivity contribution in [3.63, 3.8) is 0 Å². The van der Waals surface area contributed by atoms with E-state index in [4.69, 9.17) is 5.73 Å². The molecule has 0 radical (unpaired) electrons. The van der Waals surface area contributed by atoms with E-state index in [1.165, 1.54) is 17.5 Å². The molecular weight excluding hydrogens is 188 g/mol. The number of nitrogens with zero attached hydrogens (tertiary/aromatic N) is 3. The second-order valence-electron chi connectivity index (χ2n) is 4.22. The molecule has 1 aliphatic carbocycles. The van der Waals surface area contributed by atoms with Crippen LogP contribution < -0.4 is 5.73 Å². The van der Waals surface area contributed by atoms with Crippen molar-refractivity contribution in [3.8, 4) is 0 Å². The lowest BCUT2D eigenvalue weighted by Crippen LogP contribution is -1.97. The van der Waals surface area contributed by atoms with Crippen LogP contribution in [0.4, 0.5) is 5.82 Å². The summed E-state index contributed by atoms with van der Waals surface area (Å²) in [5.74, 6) is 0.623. The quantitative estimate of drug-likeness (QED) is 0.701. The van der Waals surface area contributed by atoms with Crippen molar-refractivity contribution in [2.75, 3.05) is 5.73 Å². The third kappa shape index (κ3) is 1.02. The summed E-state index contributed by atoms with van der Waals surface area (Å²) in [4.78, 5) is 4.59. The molecule has 15 heavy (non-hydrogen) atoms. The molecule has 0 saturated carbocycles. The van der Waals surface area contributed by atoms with Crippen molar-refractivity contribution in [2.24, 2.45) is 7.05 Å². The number of aromatic nitrogens is 3. The predicted molar refractivity (Wildman–Crippen MR) is 59.7 cm³/mol. The van der Waals surface area contributed by atoms with Gasteiger partial charge in [-0.3, -0.25) is 0 Å². The van der Waals surface area contributed by atoms with Crippen molar-refractivity contribution >= 4 is 16.9 Å². The van der Waals surface area contributed by atoms with Crippen molar-refractivity contribution in [1.29, 1.82) is 0 Å². The molecular formula is C11H14N4. The molecule has 0 amide bonds. The number of hydrogen-bond acceptors (Lipinski definition) is 3. The van der Waals surface area contributed by atoms with Gasteiger partial charge in [0.05, 0.1) is 5.39 Å². The van der Waals surface area contributed by atoms with Crippen LogP contribution in [0, 0.1) is 6.92 Å². The predicted octanol–water partition coefficient (Wildman–Crippen LogP) is 1.35. The number of rotatable bonds is 0. The van der Waals surface area contributed by atoms with Crippen LogP contribution in [0.5, 0.6) is 0 Å². The molecule has 0 bridgehead atoms. The van der Waals surface area contributed by atoms with E-state index < -0.39 is 0 Å². The number of nitrogen functional groups attached to an aromatic ring is 1. The summed E-state index contributed by atoms with van der Waals surface area (Å²) >= 11 is 0. The van der Waals surface area contributed by atoms with Gasteiger partial charge in [0.1, 0.15) is 0 Å².